The standard InChI is InChI=1S/C13H16N2O2/c1-13(2)9-6-4-5-7-10(9)15(12(13)17)8-11(16)14-3/h4-7H,8H2,1-3H3,(H,14,16). The average Bonchev–Trinajstić information content (AvgIpc) is 2.51. The Hall–Kier alpha value is -1.84. The summed E-state index contributed by atoms with van der Waals surface area (Å²) in [5.74, 6) is -0.187. The van der Waals surface area contributed by atoms with E-state index in [0.717, 1.165) is 11.3 Å². The molecule has 0 spiro atoms. The molecule has 1 heterocycles. The Morgan fingerprint density at radius 1 is 1.35 bits per heavy atom. The van der Waals surface area contributed by atoms with Crippen LogP contribution in [0.3, 0.4) is 0 Å². The fourth-order valence-corrected chi connectivity index (χ4v) is 2.18. The smallest absolute Gasteiger partial charge is 0.239 e. The summed E-state index contributed by atoms with van der Waals surface area (Å²) in [5.41, 5.74) is 1.27. The number of carbonyl (C=O) groups is 2. The van der Waals surface area contributed by atoms with Gasteiger partial charge in [0.1, 0.15) is 6.54 Å². The van der Waals surface area contributed by atoms with E-state index in [1.54, 1.807) is 11.9 Å². The summed E-state index contributed by atoms with van der Waals surface area (Å²) in [5, 5.41) is 2.54. The van der Waals surface area contributed by atoms with Crippen LogP contribution >= 0.6 is 0 Å². The highest BCUT2D eigenvalue weighted by atomic mass is 16.2. The number of hydrogen-bond acceptors (Lipinski definition) is 2. The largest absolute Gasteiger partial charge is 0.358 e. The number of amides is 2. The number of nitrogens with one attached hydrogen (secondary N) is 1. The highest BCUT2D eigenvalue weighted by molar-refractivity contribution is 6.10. The second-order valence-electron chi connectivity index (χ2n) is 4.71. The monoisotopic (exact) mass is 232 g/mol. The molecule has 0 bridgehead atoms. The van der Waals surface area contributed by atoms with Crippen LogP contribution in [0, 0.1) is 0 Å². The average molecular weight is 232 g/mol. The Labute approximate surface area is 101 Å². The molecule has 2 rings (SSSR count). The number of para-hydroxylation sites is 1. The van der Waals surface area contributed by atoms with Crippen molar-refractivity contribution in [3.05, 3.63) is 29.8 Å². The van der Waals surface area contributed by atoms with Gasteiger partial charge in [0.05, 0.1) is 5.41 Å². The first-order chi connectivity index (χ1) is 7.98. The molecule has 90 valence electrons. The van der Waals surface area contributed by atoms with Gasteiger partial charge in [-0.05, 0) is 25.5 Å². The van der Waals surface area contributed by atoms with Gasteiger partial charge in [-0.25, -0.2) is 0 Å². The van der Waals surface area contributed by atoms with Gasteiger partial charge >= 0.3 is 0 Å². The van der Waals surface area contributed by atoms with Crippen molar-refractivity contribution < 1.29 is 9.59 Å². The molecule has 2 amide bonds. The van der Waals surface area contributed by atoms with E-state index in [1.165, 1.54) is 0 Å². The predicted molar refractivity (Wildman–Crippen MR) is 65.9 cm³/mol. The van der Waals surface area contributed by atoms with E-state index in [9.17, 15) is 9.59 Å². The van der Waals surface area contributed by atoms with Crippen LogP contribution in [0.2, 0.25) is 0 Å². The van der Waals surface area contributed by atoms with Crippen molar-refractivity contribution in [3.63, 3.8) is 0 Å². The number of rotatable bonds is 2. The molecule has 1 aliphatic heterocycles. The summed E-state index contributed by atoms with van der Waals surface area (Å²) in [4.78, 5) is 25.3. The third-order valence-electron chi connectivity index (χ3n) is 3.23. The van der Waals surface area contributed by atoms with E-state index in [1.807, 2.05) is 38.1 Å². The number of carbonyl (C=O) groups excluding carboxylic acids is 2. The second-order valence-corrected chi connectivity index (χ2v) is 4.71. The molecule has 1 aromatic rings. The summed E-state index contributed by atoms with van der Waals surface area (Å²) < 4.78 is 0. The van der Waals surface area contributed by atoms with Gasteiger partial charge in [0, 0.05) is 12.7 Å². The zero-order valence-electron chi connectivity index (χ0n) is 10.3. The van der Waals surface area contributed by atoms with E-state index in [-0.39, 0.29) is 18.4 Å². The highest BCUT2D eigenvalue weighted by Gasteiger charge is 2.43. The summed E-state index contributed by atoms with van der Waals surface area (Å²) in [7, 11) is 1.57. The maximum absolute atomic E-state index is 12.3. The molecular weight excluding hydrogens is 216 g/mol. The molecule has 0 unspecified atom stereocenters. The van der Waals surface area contributed by atoms with E-state index < -0.39 is 5.41 Å². The zero-order chi connectivity index (χ0) is 12.6. The van der Waals surface area contributed by atoms with Gasteiger partial charge in [-0.3, -0.25) is 9.59 Å². The van der Waals surface area contributed by atoms with Crippen LogP contribution in [0.4, 0.5) is 5.69 Å². The molecular formula is C13H16N2O2. The molecule has 4 nitrogen and oxygen atoms in total. The van der Waals surface area contributed by atoms with Crippen LogP contribution in [0.15, 0.2) is 24.3 Å². The first-order valence-corrected chi connectivity index (χ1v) is 5.60. The first kappa shape index (κ1) is 11.6. The molecule has 1 N–H and O–H groups in total. The predicted octanol–water partition coefficient (Wildman–Crippen LogP) is 1.06. The lowest BCUT2D eigenvalue weighted by molar-refractivity contribution is -0.125. The Bertz CT molecular complexity index is 480. The normalized spacial score (nSPS) is 16.9. The Morgan fingerprint density at radius 2 is 2.00 bits per heavy atom. The van der Waals surface area contributed by atoms with E-state index in [4.69, 9.17) is 0 Å². The van der Waals surface area contributed by atoms with Crippen molar-refractivity contribution in [2.24, 2.45) is 0 Å². The quantitative estimate of drug-likeness (QED) is 0.828. The fourth-order valence-electron chi connectivity index (χ4n) is 2.18. The number of fused-ring (bicyclic) bond motifs is 1. The van der Waals surface area contributed by atoms with Gasteiger partial charge in [0.25, 0.3) is 0 Å². The van der Waals surface area contributed by atoms with Crippen molar-refractivity contribution in [2.75, 3.05) is 18.5 Å². The molecule has 0 atom stereocenters. The lowest BCUT2D eigenvalue weighted by Gasteiger charge is -2.19. The molecule has 0 aromatic heterocycles. The van der Waals surface area contributed by atoms with Crippen LogP contribution in [0.25, 0.3) is 0 Å². The molecule has 4 heteroatoms. The first-order valence-electron chi connectivity index (χ1n) is 5.60. The van der Waals surface area contributed by atoms with Crippen LogP contribution in [0.5, 0.6) is 0 Å². The number of likely N-dealkylation sites (N-methyl/N-ethyl adjacent to an activating group) is 1. The third-order valence-corrected chi connectivity index (χ3v) is 3.23. The fraction of sp³-hybridized carbons (Fsp3) is 0.385. The van der Waals surface area contributed by atoms with Crippen molar-refractivity contribution >= 4 is 17.5 Å². The summed E-state index contributed by atoms with van der Waals surface area (Å²) in [6, 6.07) is 7.61. The van der Waals surface area contributed by atoms with E-state index >= 15 is 0 Å². The van der Waals surface area contributed by atoms with Crippen LogP contribution in [-0.2, 0) is 15.0 Å². The third kappa shape index (κ3) is 1.69. The maximum Gasteiger partial charge on any atom is 0.239 e. The number of benzene rings is 1. The summed E-state index contributed by atoms with van der Waals surface area (Å²) >= 11 is 0. The molecule has 0 saturated carbocycles. The van der Waals surface area contributed by atoms with Crippen LogP contribution in [0.1, 0.15) is 19.4 Å². The lowest BCUT2D eigenvalue weighted by Crippen LogP contribution is -2.41. The van der Waals surface area contributed by atoms with E-state index in [2.05, 4.69) is 5.32 Å². The zero-order valence-corrected chi connectivity index (χ0v) is 10.3. The van der Waals surface area contributed by atoms with Gasteiger partial charge < -0.3 is 10.2 Å². The SMILES string of the molecule is CNC(=O)CN1C(=O)C(C)(C)c2ccccc21. The minimum Gasteiger partial charge on any atom is -0.358 e. The van der Waals surface area contributed by atoms with Crippen LogP contribution < -0.4 is 10.2 Å². The summed E-state index contributed by atoms with van der Waals surface area (Å²) in [6.45, 7) is 3.85. The lowest BCUT2D eigenvalue weighted by atomic mass is 9.86. The van der Waals surface area contributed by atoms with Gasteiger partial charge in [-0.1, -0.05) is 18.2 Å². The Kier molecular flexibility index (Phi) is 2.65. The van der Waals surface area contributed by atoms with Gasteiger partial charge in [0.2, 0.25) is 11.8 Å². The number of nitrogens with zero attached hydrogens (tertiary/aromatic N) is 1. The number of anilines is 1. The van der Waals surface area contributed by atoms with Crippen molar-refractivity contribution in [1.82, 2.24) is 5.32 Å². The highest BCUT2D eigenvalue weighted by Crippen LogP contribution is 2.40. The minimum absolute atomic E-state index is 0.0256. The maximum atomic E-state index is 12.3. The van der Waals surface area contributed by atoms with Gasteiger partial charge in [-0.15, -0.1) is 0 Å². The number of hydrogen-bond donors (Lipinski definition) is 1. The molecule has 0 fully saturated rings. The van der Waals surface area contributed by atoms with Crippen molar-refractivity contribution in [3.8, 4) is 0 Å². The van der Waals surface area contributed by atoms with E-state index in [0.29, 0.717) is 0 Å². The molecule has 17 heavy (non-hydrogen) atoms. The second kappa shape index (κ2) is 3.87. The van der Waals surface area contributed by atoms with Crippen molar-refractivity contribution in [1.29, 1.82) is 0 Å². The molecule has 0 saturated heterocycles. The molecule has 0 radical (unpaired) electrons. The van der Waals surface area contributed by atoms with Gasteiger partial charge in [-0.2, -0.15) is 0 Å². The minimum atomic E-state index is -0.551. The summed E-state index contributed by atoms with van der Waals surface area (Å²) in [6.07, 6.45) is 0. The van der Waals surface area contributed by atoms with Crippen LogP contribution in [-0.4, -0.2) is 25.4 Å². The topological polar surface area (TPSA) is 49.4 Å². The Morgan fingerprint density at radius 3 is 2.65 bits per heavy atom. The molecule has 1 aliphatic rings. The molecule has 0 aliphatic carbocycles. The van der Waals surface area contributed by atoms with Gasteiger partial charge in [0.15, 0.2) is 0 Å². The molecule has 1 aromatic carbocycles. The van der Waals surface area contributed by atoms with Crippen molar-refractivity contribution in [2.45, 2.75) is 19.3 Å². The Balaban J connectivity index is 2.43.